The third kappa shape index (κ3) is 3.89. The number of fused-ring (bicyclic) bond motifs is 1. The molecule has 4 aromatic rings. The normalized spacial score (nSPS) is 11.3. The van der Waals surface area contributed by atoms with Gasteiger partial charge in [-0.15, -0.1) is 11.3 Å². The van der Waals surface area contributed by atoms with Gasteiger partial charge in [0.2, 0.25) is 0 Å². The number of hydrogen-bond donors (Lipinski definition) is 1. The molecule has 26 heavy (non-hydrogen) atoms. The summed E-state index contributed by atoms with van der Waals surface area (Å²) in [5, 5.41) is 10.5. The Kier molecular flexibility index (Phi) is 4.90. The summed E-state index contributed by atoms with van der Waals surface area (Å²) in [6.45, 7) is 2.07. The van der Waals surface area contributed by atoms with Crippen molar-refractivity contribution < 1.29 is 4.52 Å². The van der Waals surface area contributed by atoms with Gasteiger partial charge in [-0.1, -0.05) is 23.4 Å². The van der Waals surface area contributed by atoms with Crippen LogP contribution in [-0.4, -0.2) is 27.1 Å². The van der Waals surface area contributed by atoms with Crippen LogP contribution < -0.4 is 5.32 Å². The highest BCUT2D eigenvalue weighted by molar-refractivity contribution is 7.09. The zero-order valence-electron chi connectivity index (χ0n) is 14.4. The summed E-state index contributed by atoms with van der Waals surface area (Å²) in [6.07, 6.45) is 1.59. The quantitative estimate of drug-likeness (QED) is 0.535. The van der Waals surface area contributed by atoms with Gasteiger partial charge in [-0.3, -0.25) is 4.90 Å². The van der Waals surface area contributed by atoms with Gasteiger partial charge in [-0.05, 0) is 30.6 Å². The van der Waals surface area contributed by atoms with Crippen LogP contribution in [-0.2, 0) is 19.6 Å². The zero-order valence-corrected chi connectivity index (χ0v) is 15.2. The molecule has 0 saturated carbocycles. The molecule has 4 rings (SSSR count). The lowest BCUT2D eigenvalue weighted by molar-refractivity contribution is 0.297. The van der Waals surface area contributed by atoms with E-state index in [0.29, 0.717) is 13.1 Å². The predicted octanol–water partition coefficient (Wildman–Crippen LogP) is 3.92. The van der Waals surface area contributed by atoms with Gasteiger partial charge in [-0.2, -0.15) is 0 Å². The SMILES string of the molecule is CN(Cc1ccon1)Cc1nc(NCc2cccs2)c2ccccc2n1. The largest absolute Gasteiger partial charge is 0.365 e. The first-order chi connectivity index (χ1) is 12.8. The van der Waals surface area contributed by atoms with Crippen molar-refractivity contribution in [3.05, 3.63) is 70.5 Å². The maximum Gasteiger partial charge on any atom is 0.145 e. The second-order valence-corrected chi connectivity index (χ2v) is 7.13. The Hall–Kier alpha value is -2.77. The van der Waals surface area contributed by atoms with E-state index in [-0.39, 0.29) is 0 Å². The van der Waals surface area contributed by atoms with Gasteiger partial charge >= 0.3 is 0 Å². The van der Waals surface area contributed by atoms with Crippen molar-refractivity contribution in [1.29, 1.82) is 0 Å². The second-order valence-electron chi connectivity index (χ2n) is 6.10. The molecule has 132 valence electrons. The lowest BCUT2D eigenvalue weighted by Crippen LogP contribution is -2.19. The molecule has 0 aliphatic rings. The fourth-order valence-electron chi connectivity index (χ4n) is 2.81. The van der Waals surface area contributed by atoms with Gasteiger partial charge in [-0.25, -0.2) is 9.97 Å². The highest BCUT2D eigenvalue weighted by Gasteiger charge is 2.11. The van der Waals surface area contributed by atoms with E-state index in [9.17, 15) is 0 Å². The molecule has 1 aromatic carbocycles. The molecule has 0 radical (unpaired) electrons. The first-order valence-electron chi connectivity index (χ1n) is 8.37. The third-order valence-corrected chi connectivity index (χ3v) is 4.87. The summed E-state index contributed by atoms with van der Waals surface area (Å²) in [5.74, 6) is 1.65. The number of nitrogens with one attached hydrogen (secondary N) is 1. The Labute approximate surface area is 155 Å². The van der Waals surface area contributed by atoms with Gasteiger partial charge in [0.1, 0.15) is 17.9 Å². The predicted molar refractivity (Wildman–Crippen MR) is 103 cm³/mol. The summed E-state index contributed by atoms with van der Waals surface area (Å²) in [7, 11) is 2.02. The van der Waals surface area contributed by atoms with Crippen LogP contribution in [0.1, 0.15) is 16.4 Å². The number of rotatable bonds is 7. The van der Waals surface area contributed by atoms with Crippen molar-refractivity contribution in [2.45, 2.75) is 19.6 Å². The summed E-state index contributed by atoms with van der Waals surface area (Å²) in [5.41, 5.74) is 1.84. The Bertz CT molecular complexity index is 969. The van der Waals surface area contributed by atoms with E-state index in [4.69, 9.17) is 14.5 Å². The number of para-hydroxylation sites is 1. The highest BCUT2D eigenvalue weighted by Crippen LogP contribution is 2.22. The summed E-state index contributed by atoms with van der Waals surface area (Å²) in [6, 6.07) is 14.1. The van der Waals surface area contributed by atoms with Crippen LogP contribution in [0.15, 0.2) is 58.6 Å². The smallest absolute Gasteiger partial charge is 0.145 e. The van der Waals surface area contributed by atoms with Crippen LogP contribution in [0, 0.1) is 0 Å². The van der Waals surface area contributed by atoms with Crippen LogP contribution in [0.3, 0.4) is 0 Å². The maximum atomic E-state index is 4.89. The minimum Gasteiger partial charge on any atom is -0.365 e. The van der Waals surface area contributed by atoms with Crippen molar-refractivity contribution in [1.82, 2.24) is 20.0 Å². The van der Waals surface area contributed by atoms with Crippen LogP contribution in [0.25, 0.3) is 10.9 Å². The first-order valence-corrected chi connectivity index (χ1v) is 9.25. The molecule has 7 heteroatoms. The summed E-state index contributed by atoms with van der Waals surface area (Å²) < 4.78 is 4.89. The number of benzene rings is 1. The summed E-state index contributed by atoms with van der Waals surface area (Å²) in [4.78, 5) is 12.9. The molecular formula is C19H19N5OS. The fourth-order valence-corrected chi connectivity index (χ4v) is 3.45. The van der Waals surface area contributed by atoms with E-state index in [1.165, 1.54) is 4.88 Å². The maximum absolute atomic E-state index is 4.89. The van der Waals surface area contributed by atoms with Gasteiger partial charge in [0.15, 0.2) is 0 Å². The molecule has 0 spiro atoms. The van der Waals surface area contributed by atoms with E-state index < -0.39 is 0 Å². The van der Waals surface area contributed by atoms with Crippen molar-refractivity contribution >= 4 is 28.1 Å². The number of thiophene rings is 1. The highest BCUT2D eigenvalue weighted by atomic mass is 32.1. The Balaban J connectivity index is 1.56. The van der Waals surface area contributed by atoms with Gasteiger partial charge in [0.25, 0.3) is 0 Å². The molecule has 0 bridgehead atoms. The molecule has 0 aliphatic carbocycles. The Morgan fingerprint density at radius 1 is 1.08 bits per heavy atom. The Morgan fingerprint density at radius 3 is 2.81 bits per heavy atom. The molecule has 0 saturated heterocycles. The number of hydrogen-bond acceptors (Lipinski definition) is 7. The molecule has 0 aliphatic heterocycles. The van der Waals surface area contributed by atoms with E-state index in [0.717, 1.165) is 34.8 Å². The average molecular weight is 365 g/mol. The minimum atomic E-state index is 0.630. The minimum absolute atomic E-state index is 0.630. The molecule has 0 amide bonds. The van der Waals surface area contributed by atoms with Crippen molar-refractivity contribution in [2.24, 2.45) is 0 Å². The Morgan fingerprint density at radius 2 is 2.00 bits per heavy atom. The number of aromatic nitrogens is 3. The topological polar surface area (TPSA) is 67.1 Å². The van der Waals surface area contributed by atoms with Crippen molar-refractivity contribution in [3.8, 4) is 0 Å². The number of anilines is 1. The molecule has 0 atom stereocenters. The fraction of sp³-hybridized carbons (Fsp3) is 0.211. The van der Waals surface area contributed by atoms with Gasteiger partial charge < -0.3 is 9.84 Å². The molecule has 6 nitrogen and oxygen atoms in total. The zero-order chi connectivity index (χ0) is 17.8. The van der Waals surface area contributed by atoms with Crippen molar-refractivity contribution in [2.75, 3.05) is 12.4 Å². The van der Waals surface area contributed by atoms with E-state index in [1.807, 2.05) is 31.3 Å². The molecule has 0 fully saturated rings. The number of nitrogens with zero attached hydrogens (tertiary/aromatic N) is 4. The van der Waals surface area contributed by atoms with Gasteiger partial charge in [0, 0.05) is 22.9 Å². The molecule has 1 N–H and O–H groups in total. The molecule has 3 aromatic heterocycles. The molecule has 0 unspecified atom stereocenters. The van der Waals surface area contributed by atoms with Crippen molar-refractivity contribution in [3.63, 3.8) is 0 Å². The van der Waals surface area contributed by atoms with Crippen LogP contribution in [0.2, 0.25) is 0 Å². The first kappa shape index (κ1) is 16.7. The van der Waals surface area contributed by atoms with E-state index in [2.05, 4.69) is 39.0 Å². The molecular weight excluding hydrogens is 346 g/mol. The average Bonchev–Trinajstić information content (AvgIpc) is 3.33. The monoisotopic (exact) mass is 365 g/mol. The van der Waals surface area contributed by atoms with E-state index in [1.54, 1.807) is 17.6 Å². The summed E-state index contributed by atoms with van der Waals surface area (Å²) >= 11 is 1.73. The van der Waals surface area contributed by atoms with Crippen LogP contribution >= 0.6 is 11.3 Å². The standard InChI is InChI=1S/C19H19N5OS/c1-24(12-14-8-9-25-23-14)13-18-21-17-7-3-2-6-16(17)19(22-18)20-11-15-5-4-10-26-15/h2-10H,11-13H2,1H3,(H,20,21,22). The molecule has 3 heterocycles. The third-order valence-electron chi connectivity index (χ3n) is 3.99. The lowest BCUT2D eigenvalue weighted by Gasteiger charge is -2.16. The lowest BCUT2D eigenvalue weighted by atomic mass is 10.2. The second kappa shape index (κ2) is 7.63. The van der Waals surface area contributed by atoms with E-state index >= 15 is 0 Å². The van der Waals surface area contributed by atoms with Crippen LogP contribution in [0.5, 0.6) is 0 Å². The van der Waals surface area contributed by atoms with Crippen LogP contribution in [0.4, 0.5) is 5.82 Å². The van der Waals surface area contributed by atoms with Gasteiger partial charge in [0.05, 0.1) is 24.3 Å².